The number of carbonyl (C=O) groups is 2. The molecule has 3 aromatic carbocycles. The van der Waals surface area contributed by atoms with E-state index in [1.54, 1.807) is 37.3 Å². The van der Waals surface area contributed by atoms with Crippen LogP contribution >= 0.6 is 23.2 Å². The van der Waals surface area contributed by atoms with Gasteiger partial charge in [0.15, 0.2) is 0 Å². The van der Waals surface area contributed by atoms with Gasteiger partial charge in [-0.25, -0.2) is 8.42 Å². The number of hydrogen-bond donors (Lipinski definition) is 1. The van der Waals surface area contributed by atoms with Gasteiger partial charge in [0.25, 0.3) is 0 Å². The maximum absolute atomic E-state index is 13.7. The standard InChI is InChI=1S/C28H33Cl2N3O4S/c1-6-25(27(35)31-28(2,3)4)33(17-22-23(29)12-9-13-24(22)30)26(34)18-32(5)38(36,37)21-15-14-19-10-7-8-11-20(19)16-21/h7-16,25H,6,17-18H2,1-5H3,(H,31,35)/t25-/m1/s1. The van der Waals surface area contributed by atoms with Gasteiger partial charge in [-0.3, -0.25) is 9.59 Å². The summed E-state index contributed by atoms with van der Waals surface area (Å²) < 4.78 is 27.8. The van der Waals surface area contributed by atoms with Gasteiger partial charge in [-0.1, -0.05) is 66.5 Å². The molecular formula is C28H33Cl2N3O4S. The number of hydrogen-bond acceptors (Lipinski definition) is 4. The second-order valence-corrected chi connectivity index (χ2v) is 13.0. The summed E-state index contributed by atoms with van der Waals surface area (Å²) >= 11 is 12.8. The van der Waals surface area contributed by atoms with Crippen molar-refractivity contribution in [3.8, 4) is 0 Å². The lowest BCUT2D eigenvalue weighted by atomic mass is 10.1. The van der Waals surface area contributed by atoms with E-state index in [4.69, 9.17) is 23.2 Å². The quantitative estimate of drug-likeness (QED) is 0.364. The molecule has 38 heavy (non-hydrogen) atoms. The van der Waals surface area contributed by atoms with Crippen LogP contribution in [0.5, 0.6) is 0 Å². The summed E-state index contributed by atoms with van der Waals surface area (Å²) in [6.45, 7) is 6.79. The highest BCUT2D eigenvalue weighted by atomic mass is 35.5. The Balaban J connectivity index is 1.94. The van der Waals surface area contributed by atoms with Crippen molar-refractivity contribution in [1.29, 1.82) is 0 Å². The Labute approximate surface area is 234 Å². The fraction of sp³-hybridized carbons (Fsp3) is 0.357. The fourth-order valence-electron chi connectivity index (χ4n) is 4.10. The molecule has 0 heterocycles. The second kappa shape index (κ2) is 12.0. The Morgan fingerprint density at radius 3 is 2.13 bits per heavy atom. The summed E-state index contributed by atoms with van der Waals surface area (Å²) in [5.41, 5.74) is -0.0523. The molecule has 1 atom stereocenters. The molecule has 204 valence electrons. The maximum atomic E-state index is 13.7. The van der Waals surface area contributed by atoms with Crippen molar-refractivity contribution in [2.75, 3.05) is 13.6 Å². The van der Waals surface area contributed by atoms with E-state index in [1.165, 1.54) is 18.0 Å². The molecule has 3 aromatic rings. The minimum atomic E-state index is -4.00. The van der Waals surface area contributed by atoms with Gasteiger partial charge in [-0.15, -0.1) is 0 Å². The van der Waals surface area contributed by atoms with Crippen molar-refractivity contribution in [3.05, 3.63) is 76.3 Å². The summed E-state index contributed by atoms with van der Waals surface area (Å²) in [6, 6.07) is 16.4. The van der Waals surface area contributed by atoms with Crippen LogP contribution in [0, 0.1) is 0 Å². The number of fused-ring (bicyclic) bond motifs is 1. The van der Waals surface area contributed by atoms with Gasteiger partial charge >= 0.3 is 0 Å². The molecule has 10 heteroatoms. The number of nitrogens with one attached hydrogen (secondary N) is 1. The largest absolute Gasteiger partial charge is 0.350 e. The van der Waals surface area contributed by atoms with E-state index in [2.05, 4.69) is 5.32 Å². The van der Waals surface area contributed by atoms with Gasteiger partial charge in [-0.2, -0.15) is 4.31 Å². The molecule has 3 rings (SSSR count). The van der Waals surface area contributed by atoms with Crippen LogP contribution in [0.1, 0.15) is 39.7 Å². The van der Waals surface area contributed by atoms with Gasteiger partial charge in [-0.05, 0) is 62.2 Å². The molecule has 0 saturated heterocycles. The second-order valence-electron chi connectivity index (χ2n) is 10.2. The molecule has 2 amide bonds. The lowest BCUT2D eigenvalue weighted by Gasteiger charge is -2.34. The molecule has 0 aromatic heterocycles. The van der Waals surface area contributed by atoms with E-state index < -0.39 is 34.1 Å². The number of rotatable bonds is 9. The number of amides is 2. The zero-order chi connectivity index (χ0) is 28.3. The molecule has 0 radical (unpaired) electrons. The van der Waals surface area contributed by atoms with E-state index in [0.29, 0.717) is 22.0 Å². The number of benzene rings is 3. The zero-order valence-electron chi connectivity index (χ0n) is 22.2. The van der Waals surface area contributed by atoms with Crippen molar-refractivity contribution in [3.63, 3.8) is 0 Å². The number of carbonyl (C=O) groups excluding carboxylic acids is 2. The Morgan fingerprint density at radius 2 is 1.55 bits per heavy atom. The highest BCUT2D eigenvalue weighted by Gasteiger charge is 2.33. The first-order chi connectivity index (χ1) is 17.7. The summed E-state index contributed by atoms with van der Waals surface area (Å²) in [5.74, 6) is -0.902. The van der Waals surface area contributed by atoms with Crippen molar-refractivity contribution >= 4 is 55.8 Å². The summed E-state index contributed by atoms with van der Waals surface area (Å²) in [7, 11) is -2.65. The lowest BCUT2D eigenvalue weighted by molar-refractivity contribution is -0.142. The summed E-state index contributed by atoms with van der Waals surface area (Å²) in [5, 5.41) is 5.29. The monoisotopic (exact) mass is 577 g/mol. The third kappa shape index (κ3) is 7.05. The number of nitrogens with zero attached hydrogens (tertiary/aromatic N) is 2. The van der Waals surface area contributed by atoms with Gasteiger partial charge in [0.1, 0.15) is 6.04 Å². The molecule has 1 N–H and O–H groups in total. The van der Waals surface area contributed by atoms with Crippen LogP contribution < -0.4 is 5.32 Å². The predicted octanol–water partition coefficient (Wildman–Crippen LogP) is 5.49. The molecule has 0 aliphatic carbocycles. The highest BCUT2D eigenvalue weighted by molar-refractivity contribution is 7.89. The first kappa shape index (κ1) is 29.9. The van der Waals surface area contributed by atoms with E-state index in [9.17, 15) is 18.0 Å². The summed E-state index contributed by atoms with van der Waals surface area (Å²) in [4.78, 5) is 28.3. The zero-order valence-corrected chi connectivity index (χ0v) is 24.5. The van der Waals surface area contributed by atoms with Crippen molar-refractivity contribution in [2.45, 2.75) is 57.1 Å². The van der Waals surface area contributed by atoms with E-state index in [-0.39, 0.29) is 17.3 Å². The predicted molar refractivity (Wildman–Crippen MR) is 153 cm³/mol. The Morgan fingerprint density at radius 1 is 0.947 bits per heavy atom. The minimum Gasteiger partial charge on any atom is -0.350 e. The SMILES string of the molecule is CC[C@H](C(=O)NC(C)(C)C)N(Cc1c(Cl)cccc1Cl)C(=O)CN(C)S(=O)(=O)c1ccc2ccccc2c1. The van der Waals surface area contributed by atoms with E-state index in [1.807, 2.05) is 45.0 Å². The van der Waals surface area contributed by atoms with Crippen molar-refractivity contribution < 1.29 is 18.0 Å². The van der Waals surface area contributed by atoms with Crippen LogP contribution in [0.25, 0.3) is 10.8 Å². The van der Waals surface area contributed by atoms with Gasteiger partial charge in [0.05, 0.1) is 11.4 Å². The van der Waals surface area contributed by atoms with Gasteiger partial charge < -0.3 is 10.2 Å². The maximum Gasteiger partial charge on any atom is 0.243 e. The minimum absolute atomic E-state index is 0.0583. The number of sulfonamides is 1. The van der Waals surface area contributed by atoms with Crippen LogP contribution in [0.3, 0.4) is 0 Å². The smallest absolute Gasteiger partial charge is 0.243 e. The van der Waals surface area contributed by atoms with Gasteiger partial charge in [0, 0.05) is 34.7 Å². The van der Waals surface area contributed by atoms with E-state index in [0.717, 1.165) is 15.1 Å². The Kier molecular flexibility index (Phi) is 9.47. The Bertz CT molecular complexity index is 1420. The van der Waals surface area contributed by atoms with Crippen LogP contribution in [0.2, 0.25) is 10.0 Å². The first-order valence-electron chi connectivity index (χ1n) is 12.2. The molecule has 0 unspecified atom stereocenters. The first-order valence-corrected chi connectivity index (χ1v) is 14.4. The van der Waals surface area contributed by atoms with Gasteiger partial charge in [0.2, 0.25) is 21.8 Å². The summed E-state index contributed by atoms with van der Waals surface area (Å²) in [6.07, 6.45) is 0.302. The highest BCUT2D eigenvalue weighted by Crippen LogP contribution is 2.28. The van der Waals surface area contributed by atoms with Crippen LogP contribution in [-0.2, 0) is 26.2 Å². The Hall–Kier alpha value is -2.65. The molecule has 0 bridgehead atoms. The fourth-order valence-corrected chi connectivity index (χ4v) is 5.77. The molecule has 0 aliphatic heterocycles. The van der Waals surface area contributed by atoms with Crippen LogP contribution in [0.15, 0.2) is 65.6 Å². The van der Waals surface area contributed by atoms with Crippen LogP contribution in [-0.4, -0.2) is 54.6 Å². The number of halogens is 2. The molecule has 0 spiro atoms. The normalized spacial score (nSPS) is 12.9. The van der Waals surface area contributed by atoms with Crippen LogP contribution in [0.4, 0.5) is 0 Å². The lowest BCUT2D eigenvalue weighted by Crippen LogP contribution is -2.55. The topological polar surface area (TPSA) is 86.8 Å². The average molecular weight is 579 g/mol. The van der Waals surface area contributed by atoms with Crippen molar-refractivity contribution in [2.24, 2.45) is 0 Å². The molecule has 0 saturated carbocycles. The molecule has 0 fully saturated rings. The third-order valence-electron chi connectivity index (χ3n) is 6.06. The van der Waals surface area contributed by atoms with E-state index >= 15 is 0 Å². The number of likely N-dealkylation sites (N-methyl/N-ethyl adjacent to an activating group) is 1. The molecule has 0 aliphatic rings. The average Bonchev–Trinajstić information content (AvgIpc) is 2.84. The third-order valence-corrected chi connectivity index (χ3v) is 8.57. The molecular weight excluding hydrogens is 545 g/mol. The molecule has 7 nitrogen and oxygen atoms in total. The van der Waals surface area contributed by atoms with Crippen molar-refractivity contribution in [1.82, 2.24) is 14.5 Å².